The highest BCUT2D eigenvalue weighted by Gasteiger charge is 2.50. The molecule has 344 valence electrons. The zero-order valence-electron chi connectivity index (χ0n) is 39.9. The number of anilines is 3. The van der Waals surface area contributed by atoms with Crippen LogP contribution in [0.2, 0.25) is 0 Å². The molecule has 0 radical (unpaired) electrons. The summed E-state index contributed by atoms with van der Waals surface area (Å²) in [6, 6.07) is 69.9. The van der Waals surface area contributed by atoms with Gasteiger partial charge in [-0.15, -0.1) is 0 Å². The largest absolute Gasteiger partial charge is 0.462 e. The average molecular weight is 941 g/mol. The molecule has 9 aromatic carbocycles. The molecule has 2 saturated heterocycles. The van der Waals surface area contributed by atoms with E-state index in [1.807, 2.05) is 74.5 Å². The minimum absolute atomic E-state index is 0.0323. The number of aromatic nitrogens is 3. The minimum atomic E-state index is -0.170. The first-order valence-corrected chi connectivity index (χ1v) is 25.2. The van der Waals surface area contributed by atoms with E-state index in [1.165, 1.54) is 72.1 Å². The number of nitrogens with zero attached hydrogens (tertiary/aromatic N) is 4. The number of ether oxygens (including phenoxy) is 4. The molecule has 0 aliphatic carbocycles. The normalized spacial score (nSPS) is 18.4. The van der Waals surface area contributed by atoms with Gasteiger partial charge in [-0.25, -0.2) is 15.0 Å². The van der Waals surface area contributed by atoms with Crippen molar-refractivity contribution in [2.45, 2.75) is 38.6 Å². The first kappa shape index (κ1) is 41.1. The molecule has 0 N–H and O–H groups in total. The van der Waals surface area contributed by atoms with E-state index in [9.17, 15) is 0 Å². The van der Waals surface area contributed by atoms with Crippen LogP contribution in [0.1, 0.15) is 13.8 Å². The lowest BCUT2D eigenvalue weighted by Crippen LogP contribution is -2.63. The lowest BCUT2D eigenvalue weighted by molar-refractivity contribution is 0.178. The quantitative estimate of drug-likeness (QED) is 0.105. The second kappa shape index (κ2) is 15.5. The van der Waals surface area contributed by atoms with Gasteiger partial charge in [-0.1, -0.05) is 157 Å². The summed E-state index contributed by atoms with van der Waals surface area (Å²) in [5.74, 6) is 3.55. The van der Waals surface area contributed by atoms with Crippen LogP contribution in [0, 0.1) is 0 Å². The summed E-state index contributed by atoms with van der Waals surface area (Å²) in [5.41, 5.74) is 23.8. The molecule has 2 fully saturated rings. The Hall–Kier alpha value is -8.56. The maximum atomic E-state index is 6.02. The fourth-order valence-electron chi connectivity index (χ4n) is 12.1. The second-order valence-electron chi connectivity index (χ2n) is 20.0. The van der Waals surface area contributed by atoms with E-state index in [2.05, 4.69) is 138 Å². The van der Waals surface area contributed by atoms with Crippen LogP contribution in [0.3, 0.4) is 0 Å². The van der Waals surface area contributed by atoms with Gasteiger partial charge < -0.3 is 23.8 Å². The molecule has 73 heavy (non-hydrogen) atoms. The summed E-state index contributed by atoms with van der Waals surface area (Å²) in [5, 5.41) is 0. The molecule has 8 nitrogen and oxygen atoms in total. The molecule has 16 rings (SSSR count). The van der Waals surface area contributed by atoms with Crippen molar-refractivity contribution >= 4 is 63.3 Å². The van der Waals surface area contributed by atoms with Crippen molar-refractivity contribution in [3.63, 3.8) is 0 Å². The highest BCUT2D eigenvalue weighted by atomic mass is 16.8. The van der Waals surface area contributed by atoms with Crippen LogP contribution in [0.4, 0.5) is 17.1 Å². The van der Waals surface area contributed by atoms with Gasteiger partial charge in [0, 0.05) is 33.8 Å². The van der Waals surface area contributed by atoms with Crippen LogP contribution < -0.4 is 47.2 Å². The summed E-state index contributed by atoms with van der Waals surface area (Å²) < 4.78 is 23.1. The number of hydrogen-bond donors (Lipinski definition) is 0. The summed E-state index contributed by atoms with van der Waals surface area (Å²) in [6.07, 6.45) is -0.0868. The predicted molar refractivity (Wildman–Crippen MR) is 292 cm³/mol. The number of hydrogen-bond acceptors (Lipinski definition) is 8. The standard InChI is InChI=1S/C63H42B2N4O4/c1-35-62(70-35)72-44-25-19-37(20-26-44)41-23-29-50-48(31-41)46-15-9-17-54-56(46)64(50)52-33-43(61-67-59(39-11-5-3-6-12-39)66-60(68-61)40-13-7-4-8-14-40)34-53-58(52)69(54)55-18-10-16-47-49-32-42(24-30-51(49)65(53)57(47)55)38-21-27-45(28-22-38)73-63-36(2)71-63/h3-36,62-63H,1-2H3. The molecule has 0 bridgehead atoms. The third-order valence-electron chi connectivity index (χ3n) is 15.7. The van der Waals surface area contributed by atoms with Gasteiger partial charge in [-0.05, 0) is 129 Å². The number of rotatable bonds is 9. The van der Waals surface area contributed by atoms with Gasteiger partial charge in [0.1, 0.15) is 23.7 Å². The maximum absolute atomic E-state index is 6.02. The average Bonchev–Trinajstić information content (AvgIpc) is 4.26. The zero-order chi connectivity index (χ0) is 48.1. The number of epoxide rings is 2. The third-order valence-corrected chi connectivity index (χ3v) is 15.7. The van der Waals surface area contributed by atoms with Crippen LogP contribution in [-0.4, -0.2) is 53.2 Å². The smallest absolute Gasteiger partial charge is 0.248 e. The van der Waals surface area contributed by atoms with Crippen LogP contribution in [0.25, 0.3) is 78.7 Å². The first-order chi connectivity index (χ1) is 36.0. The zero-order valence-corrected chi connectivity index (χ0v) is 39.9. The van der Waals surface area contributed by atoms with Crippen LogP contribution in [-0.2, 0) is 9.47 Å². The van der Waals surface area contributed by atoms with Gasteiger partial charge in [0.15, 0.2) is 17.5 Å². The molecule has 7 heterocycles. The minimum Gasteiger partial charge on any atom is -0.462 e. The summed E-state index contributed by atoms with van der Waals surface area (Å²) >= 11 is 0. The number of benzene rings is 9. The molecule has 4 atom stereocenters. The monoisotopic (exact) mass is 940 g/mol. The van der Waals surface area contributed by atoms with Crippen molar-refractivity contribution in [3.05, 3.63) is 194 Å². The Morgan fingerprint density at radius 3 is 1.22 bits per heavy atom. The number of fused-ring (bicyclic) bond motifs is 10. The van der Waals surface area contributed by atoms with Gasteiger partial charge in [-0.2, -0.15) is 0 Å². The van der Waals surface area contributed by atoms with Crippen molar-refractivity contribution in [2.75, 3.05) is 4.90 Å². The highest BCUT2D eigenvalue weighted by Crippen LogP contribution is 2.46. The molecule has 1 aromatic heterocycles. The van der Waals surface area contributed by atoms with E-state index in [0.29, 0.717) is 17.5 Å². The molecular formula is C63H42B2N4O4. The van der Waals surface area contributed by atoms with Crippen molar-refractivity contribution in [1.29, 1.82) is 0 Å². The van der Waals surface area contributed by atoms with Gasteiger partial charge in [0.05, 0.1) is 0 Å². The van der Waals surface area contributed by atoms with E-state index in [-0.39, 0.29) is 38.2 Å². The van der Waals surface area contributed by atoms with E-state index in [0.717, 1.165) is 50.4 Å². The lowest BCUT2D eigenvalue weighted by Gasteiger charge is -2.42. The topological polar surface area (TPSA) is 85.4 Å². The Morgan fingerprint density at radius 1 is 0.384 bits per heavy atom. The van der Waals surface area contributed by atoms with Crippen LogP contribution in [0.15, 0.2) is 194 Å². The Morgan fingerprint density at radius 2 is 0.795 bits per heavy atom. The second-order valence-corrected chi connectivity index (χ2v) is 20.0. The highest BCUT2D eigenvalue weighted by molar-refractivity contribution is 7.05. The SMILES string of the molecule is CC1OC1Oc1ccc(-c2ccc3c(c2)-c2cccc4c2B3c2cc(-c3nc(-c5ccccc5)nc(-c5ccccc5)n3)cc3c2N4c2cccc4c2B3c2ccc(-c3ccc(OC5OC5C)cc3)cc2-4)cc1. The van der Waals surface area contributed by atoms with E-state index >= 15 is 0 Å². The summed E-state index contributed by atoms with van der Waals surface area (Å²) in [6.45, 7) is 3.99. The first-order valence-electron chi connectivity index (χ1n) is 25.2. The van der Waals surface area contributed by atoms with Crippen molar-refractivity contribution in [3.8, 4) is 90.2 Å². The fourth-order valence-corrected chi connectivity index (χ4v) is 12.1. The van der Waals surface area contributed by atoms with Gasteiger partial charge in [-0.3, -0.25) is 0 Å². The van der Waals surface area contributed by atoms with Crippen molar-refractivity contribution in [1.82, 2.24) is 15.0 Å². The molecular weight excluding hydrogens is 898 g/mol. The molecule has 4 unspecified atom stereocenters. The summed E-state index contributed by atoms with van der Waals surface area (Å²) in [4.78, 5) is 18.4. The predicted octanol–water partition coefficient (Wildman–Crippen LogP) is 9.54. The fraction of sp³-hybridized carbons (Fsp3) is 0.0952. The molecule has 10 aromatic rings. The Labute approximate surface area is 423 Å². The Balaban J connectivity index is 0.899. The molecule has 10 heteroatoms. The Kier molecular flexibility index (Phi) is 8.71. The maximum Gasteiger partial charge on any atom is 0.248 e. The molecule has 0 spiro atoms. The molecule has 6 aliphatic heterocycles. The van der Waals surface area contributed by atoms with Gasteiger partial charge in [0.2, 0.25) is 26.0 Å². The van der Waals surface area contributed by atoms with Crippen molar-refractivity contribution in [2.24, 2.45) is 0 Å². The summed E-state index contributed by atoms with van der Waals surface area (Å²) in [7, 11) is 0. The van der Waals surface area contributed by atoms with E-state index < -0.39 is 0 Å². The van der Waals surface area contributed by atoms with Crippen molar-refractivity contribution < 1.29 is 18.9 Å². The van der Waals surface area contributed by atoms with Gasteiger partial charge in [0.25, 0.3) is 0 Å². The third kappa shape index (κ3) is 6.40. The van der Waals surface area contributed by atoms with E-state index in [4.69, 9.17) is 33.9 Å². The molecule has 0 saturated carbocycles. The van der Waals surface area contributed by atoms with Crippen LogP contribution >= 0.6 is 0 Å². The van der Waals surface area contributed by atoms with Gasteiger partial charge >= 0.3 is 0 Å². The molecule has 0 amide bonds. The Bertz CT molecular complexity index is 3700. The van der Waals surface area contributed by atoms with E-state index in [1.54, 1.807) is 0 Å². The molecule has 6 aliphatic rings. The van der Waals surface area contributed by atoms with Crippen LogP contribution in [0.5, 0.6) is 11.5 Å². The lowest BCUT2D eigenvalue weighted by atomic mass is 9.32.